The van der Waals surface area contributed by atoms with Crippen LogP contribution >= 0.6 is 11.3 Å². The highest BCUT2D eigenvalue weighted by Gasteiger charge is 2.39. The number of amides is 1. The average Bonchev–Trinajstić information content (AvgIpc) is 3.58. The summed E-state index contributed by atoms with van der Waals surface area (Å²) in [7, 11) is 3.04. The van der Waals surface area contributed by atoms with Crippen LogP contribution in [0.5, 0.6) is 5.75 Å². The monoisotopic (exact) mass is 579 g/mol. The number of carbonyl (C=O) groups excluding carboxylic acids is 2. The fraction of sp³-hybridized carbons (Fsp3) is 0.455. The van der Waals surface area contributed by atoms with Gasteiger partial charge in [-0.15, -0.1) is 11.3 Å². The lowest BCUT2D eigenvalue weighted by Gasteiger charge is -2.27. The average molecular weight is 580 g/mol. The van der Waals surface area contributed by atoms with Crippen molar-refractivity contribution >= 4 is 28.9 Å². The molecule has 4 rings (SSSR count). The number of anilines is 1. The van der Waals surface area contributed by atoms with Gasteiger partial charge in [-0.25, -0.2) is 4.79 Å². The van der Waals surface area contributed by atoms with Crippen LogP contribution in [0.1, 0.15) is 83.6 Å². The molecule has 3 aromatic rings. The van der Waals surface area contributed by atoms with E-state index in [2.05, 4.69) is 19.1 Å². The first-order chi connectivity index (χ1) is 19.9. The third-order valence-corrected chi connectivity index (χ3v) is 8.75. The van der Waals surface area contributed by atoms with E-state index in [0.717, 1.165) is 66.0 Å². The highest BCUT2D eigenvalue weighted by Crippen LogP contribution is 2.33. The van der Waals surface area contributed by atoms with Gasteiger partial charge in [-0.3, -0.25) is 4.79 Å². The molecule has 3 atom stereocenters. The second-order valence-corrected chi connectivity index (χ2v) is 11.7. The number of aryl methyl sites for hydroxylation is 1. The van der Waals surface area contributed by atoms with Crippen molar-refractivity contribution in [3.63, 3.8) is 0 Å². The minimum atomic E-state index is -0.703. The Balaban J connectivity index is 1.40. The van der Waals surface area contributed by atoms with Crippen LogP contribution in [0.2, 0.25) is 0 Å². The number of ether oxygens (including phenoxy) is 3. The van der Waals surface area contributed by atoms with E-state index in [1.54, 1.807) is 18.1 Å². The predicted molar refractivity (Wildman–Crippen MR) is 162 cm³/mol. The van der Waals surface area contributed by atoms with E-state index in [1.165, 1.54) is 18.4 Å². The van der Waals surface area contributed by atoms with Gasteiger partial charge in [0, 0.05) is 10.6 Å². The summed E-state index contributed by atoms with van der Waals surface area (Å²) in [6.07, 6.45) is 5.92. The molecule has 2 aromatic carbocycles. The van der Waals surface area contributed by atoms with Gasteiger partial charge in [0.1, 0.15) is 10.6 Å². The fourth-order valence-electron chi connectivity index (χ4n) is 5.33. The number of hydrogen-bond donors (Lipinski definition) is 1. The smallest absolute Gasteiger partial charge is 0.348 e. The zero-order valence-electron chi connectivity index (χ0n) is 24.2. The summed E-state index contributed by atoms with van der Waals surface area (Å²) >= 11 is 1.43. The SMILES string of the molecule is CCCCCC(OCc1ccc(OC)cc1)c1ccc(N2C(=O)C[C@@H](O)[C@@H]2CCCc2ccc(C(=O)OC)s2)cc1. The van der Waals surface area contributed by atoms with Crippen LogP contribution in [0.15, 0.2) is 60.7 Å². The summed E-state index contributed by atoms with van der Waals surface area (Å²) < 4.78 is 16.4. The molecule has 0 spiro atoms. The van der Waals surface area contributed by atoms with Crippen LogP contribution in [-0.2, 0) is 27.3 Å². The van der Waals surface area contributed by atoms with E-state index in [0.29, 0.717) is 17.9 Å². The van der Waals surface area contributed by atoms with Crippen molar-refractivity contribution in [2.24, 2.45) is 0 Å². The second-order valence-electron chi connectivity index (χ2n) is 10.5. The lowest BCUT2D eigenvalue weighted by atomic mass is 10.0. The molecule has 8 heteroatoms. The van der Waals surface area contributed by atoms with Crippen molar-refractivity contribution in [3.05, 3.63) is 81.5 Å². The van der Waals surface area contributed by atoms with Crippen molar-refractivity contribution in [1.29, 1.82) is 0 Å². The molecule has 1 aliphatic heterocycles. The van der Waals surface area contributed by atoms with Gasteiger partial charge >= 0.3 is 5.97 Å². The maximum absolute atomic E-state index is 12.9. The molecule has 1 N–H and O–H groups in total. The molecule has 1 fully saturated rings. The van der Waals surface area contributed by atoms with Gasteiger partial charge in [0.05, 0.1) is 45.5 Å². The Kier molecular flexibility index (Phi) is 11.4. The van der Waals surface area contributed by atoms with Crippen molar-refractivity contribution in [3.8, 4) is 5.75 Å². The molecule has 0 bridgehead atoms. The molecule has 1 aliphatic rings. The van der Waals surface area contributed by atoms with E-state index in [1.807, 2.05) is 42.5 Å². The van der Waals surface area contributed by atoms with Crippen LogP contribution in [0, 0.1) is 0 Å². The fourth-order valence-corrected chi connectivity index (χ4v) is 6.30. The van der Waals surface area contributed by atoms with Crippen molar-refractivity contribution in [1.82, 2.24) is 0 Å². The van der Waals surface area contributed by atoms with Crippen LogP contribution in [0.25, 0.3) is 0 Å². The Morgan fingerprint density at radius 3 is 2.46 bits per heavy atom. The first-order valence-electron chi connectivity index (χ1n) is 14.4. The van der Waals surface area contributed by atoms with E-state index in [9.17, 15) is 14.7 Å². The Labute approximate surface area is 247 Å². The van der Waals surface area contributed by atoms with Crippen LogP contribution in [-0.4, -0.2) is 43.3 Å². The van der Waals surface area contributed by atoms with E-state index >= 15 is 0 Å². The van der Waals surface area contributed by atoms with E-state index in [4.69, 9.17) is 14.2 Å². The number of benzene rings is 2. The number of rotatable bonds is 15. The highest BCUT2D eigenvalue weighted by atomic mass is 32.1. The Bertz CT molecular complexity index is 1260. The normalized spacial score (nSPS) is 17.6. The van der Waals surface area contributed by atoms with E-state index in [-0.39, 0.29) is 30.4 Å². The molecule has 220 valence electrons. The number of aliphatic hydroxyl groups excluding tert-OH is 1. The van der Waals surface area contributed by atoms with Gasteiger partial charge in [0.15, 0.2) is 0 Å². The van der Waals surface area contributed by atoms with Gasteiger partial charge in [0.25, 0.3) is 0 Å². The Hall–Kier alpha value is -3.20. The van der Waals surface area contributed by atoms with Gasteiger partial charge in [0.2, 0.25) is 5.91 Å². The topological polar surface area (TPSA) is 85.3 Å². The molecule has 41 heavy (non-hydrogen) atoms. The van der Waals surface area contributed by atoms with Crippen molar-refractivity contribution in [2.75, 3.05) is 19.1 Å². The summed E-state index contributed by atoms with van der Waals surface area (Å²) in [5.74, 6) is 0.434. The zero-order valence-corrected chi connectivity index (χ0v) is 25.0. The third-order valence-electron chi connectivity index (χ3n) is 7.62. The lowest BCUT2D eigenvalue weighted by Crippen LogP contribution is -2.37. The number of hydrogen-bond acceptors (Lipinski definition) is 7. The second kappa shape index (κ2) is 15.1. The molecule has 1 unspecified atom stereocenters. The van der Waals surface area contributed by atoms with Crippen LogP contribution < -0.4 is 9.64 Å². The van der Waals surface area contributed by atoms with Crippen molar-refractivity contribution in [2.45, 2.75) is 83.1 Å². The Morgan fingerprint density at radius 1 is 1.02 bits per heavy atom. The lowest BCUT2D eigenvalue weighted by molar-refractivity contribution is -0.117. The molecule has 7 nitrogen and oxygen atoms in total. The van der Waals surface area contributed by atoms with E-state index < -0.39 is 6.10 Å². The van der Waals surface area contributed by atoms with Crippen LogP contribution in [0.4, 0.5) is 5.69 Å². The number of esters is 1. The maximum Gasteiger partial charge on any atom is 0.348 e. The summed E-state index contributed by atoms with van der Waals surface area (Å²) in [6.45, 7) is 2.70. The molecule has 0 saturated carbocycles. The van der Waals surface area contributed by atoms with Gasteiger partial charge in [-0.05, 0) is 73.2 Å². The summed E-state index contributed by atoms with van der Waals surface area (Å²) in [5, 5.41) is 10.7. The number of methoxy groups -OCH3 is 2. The maximum atomic E-state index is 12.9. The molecule has 1 saturated heterocycles. The number of thiophene rings is 1. The number of unbranched alkanes of at least 4 members (excludes halogenated alkanes) is 2. The Morgan fingerprint density at radius 2 is 1.78 bits per heavy atom. The minimum Gasteiger partial charge on any atom is -0.497 e. The summed E-state index contributed by atoms with van der Waals surface area (Å²) in [6, 6.07) is 19.4. The summed E-state index contributed by atoms with van der Waals surface area (Å²) in [5.41, 5.74) is 2.97. The molecule has 0 radical (unpaired) electrons. The summed E-state index contributed by atoms with van der Waals surface area (Å²) in [4.78, 5) is 28.1. The third kappa shape index (κ3) is 8.18. The number of aliphatic hydroxyl groups is 1. The largest absolute Gasteiger partial charge is 0.497 e. The molecule has 1 amide bonds. The number of nitrogens with zero attached hydrogens (tertiary/aromatic N) is 1. The predicted octanol–water partition coefficient (Wildman–Crippen LogP) is 6.87. The molecule has 0 aliphatic carbocycles. The first-order valence-corrected chi connectivity index (χ1v) is 15.3. The van der Waals surface area contributed by atoms with Crippen molar-refractivity contribution < 1.29 is 28.9 Å². The number of carbonyl (C=O) groups is 2. The minimum absolute atomic E-state index is 0.0472. The quantitative estimate of drug-likeness (QED) is 0.156. The highest BCUT2D eigenvalue weighted by molar-refractivity contribution is 7.13. The molecular weight excluding hydrogens is 538 g/mol. The van der Waals surface area contributed by atoms with Crippen LogP contribution in [0.3, 0.4) is 0 Å². The molecule has 1 aromatic heterocycles. The first kappa shape index (κ1) is 30.8. The van der Waals surface area contributed by atoms with Gasteiger partial charge < -0.3 is 24.2 Å². The van der Waals surface area contributed by atoms with Gasteiger partial charge in [-0.1, -0.05) is 50.5 Å². The molecular formula is C33H41NO6S. The standard InChI is InChI=1S/C33H41NO6S/c1-4-5-6-10-30(40-22-23-11-17-26(38-2)18-12-23)24-13-15-25(16-14-24)34-28(29(35)21-32(34)36)9-7-8-27-19-20-31(41-27)33(37)39-3/h11-20,28-30,35H,4-10,21-22H2,1-3H3/t28-,29+,30?/m0/s1. The molecule has 2 heterocycles. The van der Waals surface area contributed by atoms with Gasteiger partial charge in [-0.2, -0.15) is 0 Å². The zero-order chi connectivity index (χ0) is 29.2.